The second kappa shape index (κ2) is 4.23. The molecule has 0 spiro atoms. The summed E-state index contributed by atoms with van der Waals surface area (Å²) < 4.78 is 0. The number of Topliss-reactive ketones (excluding diaryl/α,β-unsaturated/α-hetero) is 1. The van der Waals surface area contributed by atoms with Crippen molar-refractivity contribution in [2.75, 3.05) is 0 Å². The van der Waals surface area contributed by atoms with Crippen LogP contribution >= 0.6 is 0 Å². The monoisotopic (exact) mass is 184 g/mol. The third-order valence-corrected chi connectivity index (χ3v) is 2.79. The van der Waals surface area contributed by atoms with Crippen LogP contribution in [0, 0.1) is 5.92 Å². The van der Waals surface area contributed by atoms with Gasteiger partial charge in [0.1, 0.15) is 5.78 Å². The highest BCUT2D eigenvalue weighted by Crippen LogP contribution is 2.26. The summed E-state index contributed by atoms with van der Waals surface area (Å²) in [4.78, 5) is 11.4. The maximum atomic E-state index is 11.4. The minimum absolute atomic E-state index is 0.236. The molecule has 76 valence electrons. The summed E-state index contributed by atoms with van der Waals surface area (Å²) in [5, 5.41) is 9.52. The first-order chi connectivity index (χ1) is 5.99. The van der Waals surface area contributed by atoms with Crippen LogP contribution in [-0.2, 0) is 4.79 Å². The topological polar surface area (TPSA) is 37.3 Å². The van der Waals surface area contributed by atoms with Gasteiger partial charge in [-0.15, -0.1) is 0 Å². The number of hydrogen-bond acceptors (Lipinski definition) is 2. The zero-order valence-electron chi connectivity index (χ0n) is 8.68. The fraction of sp³-hybridized carbons (Fsp3) is 0.909. The van der Waals surface area contributed by atoms with Gasteiger partial charge >= 0.3 is 0 Å². The fourth-order valence-electron chi connectivity index (χ4n) is 1.89. The molecule has 1 unspecified atom stereocenters. The molecule has 1 atom stereocenters. The molecule has 1 saturated carbocycles. The molecule has 1 rings (SSSR count). The number of rotatable bonds is 3. The standard InChI is InChI=1S/C11H20O2/c1-11(2,13)8-7-9-5-3-4-6-10(9)12/h9,13H,3-8H2,1-2H3. The van der Waals surface area contributed by atoms with E-state index < -0.39 is 5.60 Å². The molecular formula is C11H20O2. The first kappa shape index (κ1) is 10.7. The fourth-order valence-corrected chi connectivity index (χ4v) is 1.89. The van der Waals surface area contributed by atoms with Crippen molar-refractivity contribution in [1.82, 2.24) is 0 Å². The van der Waals surface area contributed by atoms with Gasteiger partial charge in [-0.05, 0) is 39.5 Å². The molecule has 0 saturated heterocycles. The minimum Gasteiger partial charge on any atom is -0.390 e. The van der Waals surface area contributed by atoms with Gasteiger partial charge in [0.05, 0.1) is 5.60 Å². The van der Waals surface area contributed by atoms with Crippen LogP contribution in [0.1, 0.15) is 52.4 Å². The second-order valence-electron chi connectivity index (χ2n) is 4.76. The van der Waals surface area contributed by atoms with Gasteiger partial charge in [-0.1, -0.05) is 6.42 Å². The molecule has 2 heteroatoms. The van der Waals surface area contributed by atoms with Crippen molar-refractivity contribution >= 4 is 5.78 Å². The van der Waals surface area contributed by atoms with E-state index in [2.05, 4.69) is 0 Å². The highest BCUT2D eigenvalue weighted by molar-refractivity contribution is 5.81. The van der Waals surface area contributed by atoms with Crippen LogP contribution in [0.3, 0.4) is 0 Å². The molecule has 2 nitrogen and oxygen atoms in total. The van der Waals surface area contributed by atoms with Crippen LogP contribution in [0.5, 0.6) is 0 Å². The van der Waals surface area contributed by atoms with E-state index in [0.717, 1.165) is 32.1 Å². The van der Waals surface area contributed by atoms with E-state index in [1.54, 1.807) is 13.8 Å². The molecule has 0 aliphatic heterocycles. The predicted molar refractivity (Wildman–Crippen MR) is 52.5 cm³/mol. The zero-order chi connectivity index (χ0) is 9.90. The number of ketones is 1. The van der Waals surface area contributed by atoms with E-state index in [9.17, 15) is 9.90 Å². The molecular weight excluding hydrogens is 164 g/mol. The number of aliphatic hydroxyl groups is 1. The first-order valence-electron chi connectivity index (χ1n) is 5.24. The van der Waals surface area contributed by atoms with Crippen molar-refractivity contribution in [2.45, 2.75) is 58.0 Å². The van der Waals surface area contributed by atoms with Crippen molar-refractivity contribution in [3.63, 3.8) is 0 Å². The smallest absolute Gasteiger partial charge is 0.135 e. The lowest BCUT2D eigenvalue weighted by Gasteiger charge is -2.24. The third-order valence-electron chi connectivity index (χ3n) is 2.79. The quantitative estimate of drug-likeness (QED) is 0.730. The molecule has 1 fully saturated rings. The van der Waals surface area contributed by atoms with Gasteiger partial charge in [0.15, 0.2) is 0 Å². The summed E-state index contributed by atoms with van der Waals surface area (Å²) in [6.07, 6.45) is 5.65. The Morgan fingerprint density at radius 3 is 2.69 bits per heavy atom. The number of hydrogen-bond donors (Lipinski definition) is 1. The summed E-state index contributed by atoms with van der Waals surface area (Å²) in [5.41, 5.74) is -0.613. The maximum Gasteiger partial charge on any atom is 0.135 e. The highest BCUT2D eigenvalue weighted by Gasteiger charge is 2.24. The summed E-state index contributed by atoms with van der Waals surface area (Å²) in [7, 11) is 0. The van der Waals surface area contributed by atoms with Crippen LogP contribution in [0.25, 0.3) is 0 Å². The van der Waals surface area contributed by atoms with E-state index in [4.69, 9.17) is 0 Å². The second-order valence-corrected chi connectivity index (χ2v) is 4.76. The van der Waals surface area contributed by atoms with Crippen molar-refractivity contribution in [3.8, 4) is 0 Å². The van der Waals surface area contributed by atoms with Gasteiger partial charge in [0.2, 0.25) is 0 Å². The Labute approximate surface area is 80.3 Å². The van der Waals surface area contributed by atoms with Crippen LogP contribution < -0.4 is 0 Å². The molecule has 1 aliphatic rings. The lowest BCUT2D eigenvalue weighted by Crippen LogP contribution is -2.24. The maximum absolute atomic E-state index is 11.4. The Hall–Kier alpha value is -0.370. The minimum atomic E-state index is -0.613. The Balaban J connectivity index is 2.31. The molecule has 1 aliphatic carbocycles. The van der Waals surface area contributed by atoms with Gasteiger partial charge < -0.3 is 5.11 Å². The first-order valence-corrected chi connectivity index (χ1v) is 5.24. The average molecular weight is 184 g/mol. The molecule has 0 aromatic rings. The molecule has 0 amide bonds. The lowest BCUT2D eigenvalue weighted by molar-refractivity contribution is -0.125. The Kier molecular flexibility index (Phi) is 3.48. The van der Waals surface area contributed by atoms with Crippen LogP contribution in [-0.4, -0.2) is 16.5 Å². The van der Waals surface area contributed by atoms with E-state index >= 15 is 0 Å². The summed E-state index contributed by atoms with van der Waals surface area (Å²) in [5.74, 6) is 0.649. The summed E-state index contributed by atoms with van der Waals surface area (Å²) in [6.45, 7) is 3.61. The van der Waals surface area contributed by atoms with Crippen LogP contribution in [0.15, 0.2) is 0 Å². The molecule has 0 bridgehead atoms. The van der Waals surface area contributed by atoms with Crippen molar-refractivity contribution in [3.05, 3.63) is 0 Å². The average Bonchev–Trinajstić information content (AvgIpc) is 2.01. The SMILES string of the molecule is CC(C)(O)CCC1CCCCC1=O. The molecule has 0 aromatic heterocycles. The van der Waals surface area contributed by atoms with Crippen molar-refractivity contribution in [1.29, 1.82) is 0 Å². The van der Waals surface area contributed by atoms with Gasteiger partial charge in [0.25, 0.3) is 0 Å². The normalized spacial score (nSPS) is 24.8. The van der Waals surface area contributed by atoms with Crippen LogP contribution in [0.4, 0.5) is 0 Å². The van der Waals surface area contributed by atoms with E-state index in [1.165, 1.54) is 6.42 Å². The summed E-state index contributed by atoms with van der Waals surface area (Å²) >= 11 is 0. The van der Waals surface area contributed by atoms with E-state index in [0.29, 0.717) is 5.78 Å². The molecule has 0 radical (unpaired) electrons. The highest BCUT2D eigenvalue weighted by atomic mass is 16.3. The van der Waals surface area contributed by atoms with E-state index in [1.807, 2.05) is 0 Å². The van der Waals surface area contributed by atoms with Gasteiger partial charge in [-0.2, -0.15) is 0 Å². The summed E-state index contributed by atoms with van der Waals surface area (Å²) in [6, 6.07) is 0. The Bertz CT molecular complexity index is 179. The number of carbonyl (C=O) groups is 1. The lowest BCUT2D eigenvalue weighted by atomic mass is 9.83. The third kappa shape index (κ3) is 3.90. The largest absolute Gasteiger partial charge is 0.390 e. The van der Waals surface area contributed by atoms with Gasteiger partial charge in [-0.25, -0.2) is 0 Å². The zero-order valence-corrected chi connectivity index (χ0v) is 8.68. The van der Waals surface area contributed by atoms with Gasteiger partial charge in [0, 0.05) is 12.3 Å². The van der Waals surface area contributed by atoms with Gasteiger partial charge in [-0.3, -0.25) is 4.79 Å². The Morgan fingerprint density at radius 2 is 2.15 bits per heavy atom. The molecule has 0 aromatic carbocycles. The number of carbonyl (C=O) groups excluding carboxylic acids is 1. The predicted octanol–water partition coefficient (Wildman–Crippen LogP) is 2.30. The molecule has 1 N–H and O–H groups in total. The van der Waals surface area contributed by atoms with Crippen molar-refractivity contribution in [2.24, 2.45) is 5.92 Å². The molecule has 13 heavy (non-hydrogen) atoms. The van der Waals surface area contributed by atoms with Crippen LogP contribution in [0.2, 0.25) is 0 Å². The molecule has 0 heterocycles. The van der Waals surface area contributed by atoms with E-state index in [-0.39, 0.29) is 5.92 Å². The van der Waals surface area contributed by atoms with Crippen molar-refractivity contribution < 1.29 is 9.90 Å². The Morgan fingerprint density at radius 1 is 1.46 bits per heavy atom.